The fraction of sp³-hybridized carbons (Fsp3) is 0.381. The Labute approximate surface area is 181 Å². The number of nitrogens with one attached hydrogen (secondary N) is 3. The SMILES string of the molecule is CNC(=O)C(=O)NC12CCC(Cn3c1nc(C(=O)NCc1ccc(F)cc1)c(O)c3=O)C2. The number of carbonyl (C=O) groups excluding carboxylic acids is 3. The van der Waals surface area contributed by atoms with Crippen molar-refractivity contribution in [2.45, 2.75) is 37.9 Å². The number of halogens is 1. The van der Waals surface area contributed by atoms with Crippen LogP contribution < -0.4 is 21.5 Å². The Morgan fingerprint density at radius 3 is 2.66 bits per heavy atom. The fourth-order valence-electron chi connectivity index (χ4n) is 4.43. The summed E-state index contributed by atoms with van der Waals surface area (Å²) in [6.07, 6.45) is 1.58. The number of amides is 3. The number of hydrogen-bond acceptors (Lipinski definition) is 6. The molecule has 2 aromatic rings. The van der Waals surface area contributed by atoms with Gasteiger partial charge in [-0.25, -0.2) is 9.37 Å². The molecule has 3 amide bonds. The van der Waals surface area contributed by atoms with Gasteiger partial charge in [-0.1, -0.05) is 12.1 Å². The number of carbonyl (C=O) groups is 3. The van der Waals surface area contributed by atoms with Crippen LogP contribution in [-0.4, -0.2) is 39.4 Å². The molecule has 0 saturated heterocycles. The van der Waals surface area contributed by atoms with Gasteiger partial charge in [0, 0.05) is 20.1 Å². The molecule has 10 nitrogen and oxygen atoms in total. The van der Waals surface area contributed by atoms with Crippen molar-refractivity contribution in [3.8, 4) is 5.75 Å². The molecule has 168 valence electrons. The van der Waals surface area contributed by atoms with E-state index >= 15 is 0 Å². The maximum Gasteiger partial charge on any atom is 0.310 e. The van der Waals surface area contributed by atoms with Gasteiger partial charge in [0.1, 0.15) is 11.6 Å². The molecule has 32 heavy (non-hydrogen) atoms. The molecule has 4 N–H and O–H groups in total. The van der Waals surface area contributed by atoms with Crippen molar-refractivity contribution >= 4 is 17.7 Å². The number of hydrogen-bond donors (Lipinski definition) is 4. The van der Waals surface area contributed by atoms with E-state index in [1.54, 1.807) is 0 Å². The summed E-state index contributed by atoms with van der Waals surface area (Å²) in [4.78, 5) is 53.9. The topological polar surface area (TPSA) is 142 Å². The van der Waals surface area contributed by atoms with Gasteiger partial charge in [-0.2, -0.15) is 0 Å². The molecular formula is C21H22FN5O5. The highest BCUT2D eigenvalue weighted by atomic mass is 19.1. The summed E-state index contributed by atoms with van der Waals surface area (Å²) in [7, 11) is 1.33. The van der Waals surface area contributed by atoms with Gasteiger partial charge in [-0.15, -0.1) is 0 Å². The van der Waals surface area contributed by atoms with E-state index in [4.69, 9.17) is 0 Å². The molecule has 0 radical (unpaired) electrons. The second kappa shape index (κ2) is 8.06. The molecule has 1 fully saturated rings. The van der Waals surface area contributed by atoms with Gasteiger partial charge in [-0.3, -0.25) is 23.7 Å². The second-order valence-electron chi connectivity index (χ2n) is 8.08. The lowest BCUT2D eigenvalue weighted by Gasteiger charge is -2.35. The molecule has 2 aliphatic rings. The van der Waals surface area contributed by atoms with Gasteiger partial charge in [0.2, 0.25) is 5.75 Å². The zero-order valence-corrected chi connectivity index (χ0v) is 17.3. The average Bonchev–Trinajstić information content (AvgIpc) is 3.12. The first-order chi connectivity index (χ1) is 15.2. The van der Waals surface area contributed by atoms with E-state index < -0.39 is 46.1 Å². The molecule has 1 aliphatic carbocycles. The van der Waals surface area contributed by atoms with Gasteiger partial charge in [0.05, 0.1) is 5.54 Å². The summed E-state index contributed by atoms with van der Waals surface area (Å²) in [6, 6.07) is 5.48. The number of rotatable bonds is 4. The standard InChI is InChI=1S/C21H22FN5O5/c1-23-17(30)18(31)26-21-7-6-12(8-21)10-27-19(32)15(28)14(25-20(21)27)16(29)24-9-11-2-4-13(22)5-3-11/h2-5,12,28H,6-10H2,1H3,(H,23,30)(H,24,29)(H,26,31). The minimum absolute atomic E-state index is 0.0271. The number of benzene rings is 1. The van der Waals surface area contributed by atoms with Gasteiger partial charge < -0.3 is 21.1 Å². The maximum atomic E-state index is 13.1. The number of likely N-dealkylation sites (N-methyl/N-ethyl adjacent to an activating group) is 1. The molecule has 1 aromatic heterocycles. The van der Waals surface area contributed by atoms with E-state index in [1.165, 1.54) is 35.9 Å². The largest absolute Gasteiger partial charge is 0.501 e. The minimum Gasteiger partial charge on any atom is -0.501 e. The Morgan fingerprint density at radius 2 is 1.97 bits per heavy atom. The second-order valence-corrected chi connectivity index (χ2v) is 8.08. The molecule has 1 aromatic carbocycles. The third-order valence-corrected chi connectivity index (χ3v) is 6.00. The minimum atomic E-state index is -1.09. The normalized spacial score (nSPS) is 20.9. The molecule has 2 unspecified atom stereocenters. The highest BCUT2D eigenvalue weighted by Crippen LogP contribution is 2.45. The first-order valence-electron chi connectivity index (χ1n) is 10.2. The van der Waals surface area contributed by atoms with E-state index in [1.807, 2.05) is 0 Å². The number of nitrogens with zero attached hydrogens (tertiary/aromatic N) is 2. The first-order valence-corrected chi connectivity index (χ1v) is 10.2. The van der Waals surface area contributed by atoms with E-state index in [2.05, 4.69) is 20.9 Å². The zero-order valence-electron chi connectivity index (χ0n) is 17.3. The van der Waals surface area contributed by atoms with Crippen LogP contribution in [0.25, 0.3) is 0 Å². The Bertz CT molecular complexity index is 1160. The lowest BCUT2D eigenvalue weighted by molar-refractivity contribution is -0.140. The first kappa shape index (κ1) is 21.5. The lowest BCUT2D eigenvalue weighted by Crippen LogP contribution is -2.54. The van der Waals surface area contributed by atoms with E-state index in [-0.39, 0.29) is 18.3 Å². The predicted molar refractivity (Wildman–Crippen MR) is 109 cm³/mol. The fourth-order valence-corrected chi connectivity index (χ4v) is 4.43. The van der Waals surface area contributed by atoms with Crippen LogP contribution in [0.15, 0.2) is 29.1 Å². The molecule has 2 bridgehead atoms. The highest BCUT2D eigenvalue weighted by molar-refractivity contribution is 6.35. The van der Waals surface area contributed by atoms with Crippen molar-refractivity contribution in [1.29, 1.82) is 0 Å². The van der Waals surface area contributed by atoms with Crippen molar-refractivity contribution in [1.82, 2.24) is 25.5 Å². The maximum absolute atomic E-state index is 13.1. The Morgan fingerprint density at radius 1 is 1.25 bits per heavy atom. The molecule has 1 saturated carbocycles. The monoisotopic (exact) mass is 443 g/mol. The van der Waals surface area contributed by atoms with Crippen molar-refractivity contribution in [2.75, 3.05) is 7.05 Å². The van der Waals surface area contributed by atoms with Crippen LogP contribution in [-0.2, 0) is 28.2 Å². The molecule has 11 heteroatoms. The number of aromatic hydroxyl groups is 1. The molecule has 4 rings (SSSR count). The molecule has 2 atom stereocenters. The smallest absolute Gasteiger partial charge is 0.310 e. The Kier molecular flexibility index (Phi) is 5.41. The Balaban J connectivity index is 1.67. The van der Waals surface area contributed by atoms with Gasteiger partial charge in [0.25, 0.3) is 11.5 Å². The summed E-state index contributed by atoms with van der Waals surface area (Å²) in [5.41, 5.74) is -1.73. The van der Waals surface area contributed by atoms with E-state index in [9.17, 15) is 28.7 Å². The summed E-state index contributed by atoms with van der Waals surface area (Å²) in [5, 5.41) is 17.9. The zero-order chi connectivity index (χ0) is 23.0. The summed E-state index contributed by atoms with van der Waals surface area (Å²) in [5.74, 6) is -3.51. The number of fused-ring (bicyclic) bond motifs is 4. The molecule has 0 spiro atoms. The van der Waals surface area contributed by atoms with Gasteiger partial charge in [0.15, 0.2) is 5.69 Å². The summed E-state index contributed by atoms with van der Waals surface area (Å²) in [6.45, 7) is 0.322. The van der Waals surface area contributed by atoms with Crippen LogP contribution in [0, 0.1) is 11.7 Å². The highest BCUT2D eigenvalue weighted by Gasteiger charge is 2.50. The molecule has 2 heterocycles. The lowest BCUT2D eigenvalue weighted by atomic mass is 9.90. The van der Waals surface area contributed by atoms with Crippen LogP contribution in [0.1, 0.15) is 41.1 Å². The summed E-state index contributed by atoms with van der Waals surface area (Å²) >= 11 is 0. The van der Waals surface area contributed by atoms with Crippen molar-refractivity contribution < 1.29 is 23.9 Å². The van der Waals surface area contributed by atoms with Crippen molar-refractivity contribution in [3.05, 3.63) is 57.5 Å². The van der Waals surface area contributed by atoms with Crippen LogP contribution in [0.4, 0.5) is 4.39 Å². The molecular weight excluding hydrogens is 421 g/mol. The van der Waals surface area contributed by atoms with E-state index in [0.29, 0.717) is 31.4 Å². The van der Waals surface area contributed by atoms with Crippen LogP contribution in [0.2, 0.25) is 0 Å². The van der Waals surface area contributed by atoms with Crippen LogP contribution >= 0.6 is 0 Å². The Hall–Kier alpha value is -3.76. The molecule has 1 aliphatic heterocycles. The van der Waals surface area contributed by atoms with Crippen molar-refractivity contribution in [2.24, 2.45) is 5.92 Å². The van der Waals surface area contributed by atoms with Gasteiger partial charge in [-0.05, 0) is 42.9 Å². The third-order valence-electron chi connectivity index (χ3n) is 6.00. The van der Waals surface area contributed by atoms with E-state index in [0.717, 1.165) is 0 Å². The average molecular weight is 443 g/mol. The number of aromatic nitrogens is 2. The summed E-state index contributed by atoms with van der Waals surface area (Å²) < 4.78 is 14.3. The van der Waals surface area contributed by atoms with Gasteiger partial charge >= 0.3 is 11.8 Å². The van der Waals surface area contributed by atoms with Crippen molar-refractivity contribution in [3.63, 3.8) is 0 Å². The quantitative estimate of drug-likeness (QED) is 0.486. The third kappa shape index (κ3) is 3.70. The predicted octanol–water partition coefficient (Wildman–Crippen LogP) is -0.111. The van der Waals surface area contributed by atoms with Crippen LogP contribution in [0.5, 0.6) is 5.75 Å². The van der Waals surface area contributed by atoms with Crippen LogP contribution in [0.3, 0.4) is 0 Å².